The van der Waals surface area contributed by atoms with Crippen LogP contribution in [0, 0.1) is 11.2 Å². The fourth-order valence-corrected chi connectivity index (χ4v) is 3.14. The quantitative estimate of drug-likeness (QED) is 0.840. The number of rotatable bonds is 5. The van der Waals surface area contributed by atoms with E-state index in [0.717, 1.165) is 38.2 Å². The Kier molecular flexibility index (Phi) is 3.84. The van der Waals surface area contributed by atoms with Gasteiger partial charge in [-0.1, -0.05) is 6.92 Å². The van der Waals surface area contributed by atoms with Crippen LogP contribution < -0.4 is 4.72 Å². The molecular formula is C13H16FNO4S. The monoisotopic (exact) mass is 301 g/mol. The van der Waals surface area contributed by atoms with Gasteiger partial charge in [-0.2, -0.15) is 0 Å². The number of carbonyl (C=O) groups excluding carboxylic acids is 1. The topological polar surface area (TPSA) is 72.5 Å². The fourth-order valence-electron chi connectivity index (χ4n) is 1.73. The number of carbonyl (C=O) groups is 1. The largest absolute Gasteiger partial charge is 0.465 e. The van der Waals surface area contributed by atoms with Crippen LogP contribution >= 0.6 is 0 Å². The lowest BCUT2D eigenvalue weighted by molar-refractivity contribution is 0.0596. The minimum Gasteiger partial charge on any atom is -0.465 e. The summed E-state index contributed by atoms with van der Waals surface area (Å²) in [5, 5.41) is 0. The van der Waals surface area contributed by atoms with Crippen LogP contribution in [0.3, 0.4) is 0 Å². The summed E-state index contributed by atoms with van der Waals surface area (Å²) in [5.74, 6) is -1.54. The van der Waals surface area contributed by atoms with Crippen LogP contribution in [0.4, 0.5) is 4.39 Å². The van der Waals surface area contributed by atoms with Crippen molar-refractivity contribution in [2.75, 3.05) is 13.7 Å². The standard InChI is InChI=1S/C13H16FNO4S/c1-13(5-6-13)8-15-20(17,18)11-7-9(14)3-4-10(11)12(16)19-2/h3-4,7,15H,5-6,8H2,1-2H3. The Morgan fingerprint density at radius 2 is 2.10 bits per heavy atom. The third-order valence-electron chi connectivity index (χ3n) is 3.43. The van der Waals surface area contributed by atoms with Crippen LogP contribution in [0.15, 0.2) is 23.1 Å². The molecule has 0 heterocycles. The van der Waals surface area contributed by atoms with E-state index in [1.54, 1.807) is 0 Å². The van der Waals surface area contributed by atoms with Gasteiger partial charge >= 0.3 is 5.97 Å². The highest BCUT2D eigenvalue weighted by atomic mass is 32.2. The van der Waals surface area contributed by atoms with Gasteiger partial charge in [-0.25, -0.2) is 22.3 Å². The van der Waals surface area contributed by atoms with Crippen LogP contribution in [-0.2, 0) is 14.8 Å². The predicted molar refractivity (Wildman–Crippen MR) is 70.3 cm³/mol. The first-order valence-corrected chi connectivity index (χ1v) is 7.63. The van der Waals surface area contributed by atoms with E-state index in [1.165, 1.54) is 0 Å². The molecule has 0 unspecified atom stereocenters. The molecule has 0 aromatic heterocycles. The summed E-state index contributed by atoms with van der Waals surface area (Å²) in [7, 11) is -2.81. The van der Waals surface area contributed by atoms with Crippen molar-refractivity contribution in [1.82, 2.24) is 4.72 Å². The second kappa shape index (κ2) is 5.14. The third-order valence-corrected chi connectivity index (χ3v) is 4.87. The second-order valence-corrected chi connectivity index (χ2v) is 7.00. The van der Waals surface area contributed by atoms with Crippen LogP contribution in [0.1, 0.15) is 30.1 Å². The average Bonchev–Trinajstić information content (AvgIpc) is 3.14. The normalized spacial score (nSPS) is 16.8. The number of nitrogens with one attached hydrogen (secondary N) is 1. The Morgan fingerprint density at radius 3 is 2.65 bits per heavy atom. The number of methoxy groups -OCH3 is 1. The average molecular weight is 301 g/mol. The summed E-state index contributed by atoms with van der Waals surface area (Å²) < 4.78 is 44.7. The van der Waals surface area contributed by atoms with Gasteiger partial charge in [-0.15, -0.1) is 0 Å². The van der Waals surface area contributed by atoms with Crippen molar-refractivity contribution < 1.29 is 22.3 Å². The van der Waals surface area contributed by atoms with Gasteiger partial charge in [0.25, 0.3) is 0 Å². The molecule has 5 nitrogen and oxygen atoms in total. The molecular weight excluding hydrogens is 285 g/mol. The lowest BCUT2D eigenvalue weighted by Gasteiger charge is -2.13. The molecule has 7 heteroatoms. The molecule has 0 spiro atoms. The van der Waals surface area contributed by atoms with Crippen LogP contribution in [0.2, 0.25) is 0 Å². The Hall–Kier alpha value is -1.47. The molecule has 20 heavy (non-hydrogen) atoms. The van der Waals surface area contributed by atoms with E-state index < -0.39 is 26.7 Å². The fraction of sp³-hybridized carbons (Fsp3) is 0.462. The number of esters is 1. The number of halogens is 1. The molecule has 1 N–H and O–H groups in total. The molecule has 0 saturated heterocycles. The van der Waals surface area contributed by atoms with E-state index in [1.807, 2.05) is 6.92 Å². The lowest BCUT2D eigenvalue weighted by Crippen LogP contribution is -2.30. The van der Waals surface area contributed by atoms with E-state index in [2.05, 4.69) is 9.46 Å². The highest BCUT2D eigenvalue weighted by molar-refractivity contribution is 7.89. The molecule has 0 atom stereocenters. The van der Waals surface area contributed by atoms with Gasteiger partial charge in [0, 0.05) is 6.54 Å². The Labute approximate surface area is 117 Å². The Morgan fingerprint density at radius 1 is 1.45 bits per heavy atom. The van der Waals surface area contributed by atoms with Crippen LogP contribution in [0.25, 0.3) is 0 Å². The maximum Gasteiger partial charge on any atom is 0.339 e. The molecule has 0 amide bonds. The minimum absolute atomic E-state index is 0.0359. The van der Waals surface area contributed by atoms with Gasteiger partial charge in [-0.05, 0) is 36.5 Å². The molecule has 1 aliphatic rings. The highest BCUT2D eigenvalue weighted by Gasteiger charge is 2.38. The van der Waals surface area contributed by atoms with Crippen molar-refractivity contribution in [3.8, 4) is 0 Å². The summed E-state index contributed by atoms with van der Waals surface area (Å²) in [5.41, 5.74) is -0.214. The van der Waals surface area contributed by atoms with Gasteiger partial charge in [0.05, 0.1) is 17.6 Å². The van der Waals surface area contributed by atoms with Crippen molar-refractivity contribution in [2.24, 2.45) is 5.41 Å². The molecule has 0 aliphatic heterocycles. The van der Waals surface area contributed by atoms with Crippen LogP contribution in [-0.4, -0.2) is 28.0 Å². The number of hydrogen-bond acceptors (Lipinski definition) is 4. The van der Waals surface area contributed by atoms with Crippen molar-refractivity contribution in [3.63, 3.8) is 0 Å². The molecule has 1 aromatic carbocycles. The van der Waals surface area contributed by atoms with Gasteiger partial charge in [0.2, 0.25) is 10.0 Å². The van der Waals surface area contributed by atoms with E-state index in [9.17, 15) is 17.6 Å². The number of benzene rings is 1. The molecule has 2 rings (SSSR count). The molecule has 1 aromatic rings. The zero-order valence-corrected chi connectivity index (χ0v) is 12.1. The summed E-state index contributed by atoms with van der Waals surface area (Å²) in [6.07, 6.45) is 1.89. The maximum atomic E-state index is 13.3. The van der Waals surface area contributed by atoms with Gasteiger partial charge in [-0.3, -0.25) is 0 Å². The van der Waals surface area contributed by atoms with Crippen molar-refractivity contribution >= 4 is 16.0 Å². The number of hydrogen-bond donors (Lipinski definition) is 1. The van der Waals surface area contributed by atoms with E-state index in [0.29, 0.717) is 0 Å². The third kappa shape index (κ3) is 3.16. The first kappa shape index (κ1) is 14.9. The molecule has 1 aliphatic carbocycles. The summed E-state index contributed by atoms with van der Waals surface area (Å²) in [6, 6.07) is 2.95. The molecule has 0 bridgehead atoms. The zero-order chi connectivity index (χ0) is 15.0. The summed E-state index contributed by atoms with van der Waals surface area (Å²) >= 11 is 0. The Bertz CT molecular complexity index is 638. The van der Waals surface area contributed by atoms with Crippen molar-refractivity contribution in [1.29, 1.82) is 0 Å². The number of ether oxygens (including phenoxy) is 1. The van der Waals surface area contributed by atoms with Crippen molar-refractivity contribution in [3.05, 3.63) is 29.6 Å². The zero-order valence-electron chi connectivity index (χ0n) is 11.3. The summed E-state index contributed by atoms with van der Waals surface area (Å²) in [4.78, 5) is 11.2. The van der Waals surface area contributed by atoms with E-state index >= 15 is 0 Å². The first-order chi connectivity index (χ1) is 9.27. The van der Waals surface area contributed by atoms with Crippen LogP contribution in [0.5, 0.6) is 0 Å². The highest BCUT2D eigenvalue weighted by Crippen LogP contribution is 2.44. The van der Waals surface area contributed by atoms with E-state index in [-0.39, 0.29) is 17.5 Å². The molecule has 110 valence electrons. The lowest BCUT2D eigenvalue weighted by atomic mass is 10.2. The van der Waals surface area contributed by atoms with Gasteiger partial charge in [0.1, 0.15) is 5.82 Å². The van der Waals surface area contributed by atoms with Gasteiger partial charge in [0.15, 0.2) is 0 Å². The SMILES string of the molecule is COC(=O)c1ccc(F)cc1S(=O)(=O)NCC1(C)CC1. The van der Waals surface area contributed by atoms with E-state index in [4.69, 9.17) is 0 Å². The van der Waals surface area contributed by atoms with Crippen molar-refractivity contribution in [2.45, 2.75) is 24.7 Å². The maximum absolute atomic E-state index is 13.3. The predicted octanol–water partition coefficient (Wildman–Crippen LogP) is 1.69. The second-order valence-electron chi connectivity index (χ2n) is 5.27. The minimum atomic E-state index is -3.95. The Balaban J connectivity index is 2.33. The molecule has 1 saturated carbocycles. The van der Waals surface area contributed by atoms with Gasteiger partial charge < -0.3 is 4.74 Å². The molecule has 1 fully saturated rings. The molecule has 0 radical (unpaired) electrons. The smallest absolute Gasteiger partial charge is 0.339 e. The number of sulfonamides is 1. The summed E-state index contributed by atoms with van der Waals surface area (Å²) in [6.45, 7) is 2.23. The first-order valence-electron chi connectivity index (χ1n) is 6.15.